The second kappa shape index (κ2) is 26.8. The number of morpholine rings is 2. The van der Waals surface area contributed by atoms with E-state index in [4.69, 9.17) is 26.2 Å². The molecule has 2 aliphatic heterocycles. The first-order valence-electron chi connectivity index (χ1n) is 23.2. The Bertz CT molecular complexity index is 3090. The van der Waals surface area contributed by atoms with Gasteiger partial charge in [-0.3, -0.25) is 19.6 Å². The summed E-state index contributed by atoms with van der Waals surface area (Å²) in [5, 5.41) is 23.4. The van der Waals surface area contributed by atoms with Crippen LogP contribution in [-0.4, -0.2) is 107 Å². The van der Waals surface area contributed by atoms with Gasteiger partial charge in [-0.15, -0.1) is 6.42 Å². The van der Waals surface area contributed by atoms with Crippen LogP contribution in [0.2, 0.25) is 5.15 Å². The Kier molecular flexibility index (Phi) is 20.9. The van der Waals surface area contributed by atoms with Gasteiger partial charge >= 0.3 is 12.4 Å². The summed E-state index contributed by atoms with van der Waals surface area (Å²) in [5.74, 6) is 7.78. The van der Waals surface area contributed by atoms with Crippen molar-refractivity contribution in [3.8, 4) is 46.4 Å². The summed E-state index contributed by atoms with van der Waals surface area (Å²) < 4.78 is 88.6. The molecule has 4 aromatic heterocycles. The van der Waals surface area contributed by atoms with Gasteiger partial charge in [0.1, 0.15) is 46.1 Å². The third kappa shape index (κ3) is 17.0. The number of aryl methyl sites for hydroxylation is 2. The zero-order valence-corrected chi connectivity index (χ0v) is 41.7. The van der Waals surface area contributed by atoms with Gasteiger partial charge in [0.15, 0.2) is 0 Å². The van der Waals surface area contributed by atoms with Crippen molar-refractivity contribution in [1.82, 2.24) is 19.9 Å². The Labute approximate surface area is 441 Å². The molecule has 21 heteroatoms. The summed E-state index contributed by atoms with van der Waals surface area (Å²) in [4.78, 5) is 45.1. The Morgan fingerprint density at radius 1 is 0.658 bits per heavy atom. The number of aliphatic hydroxyl groups is 2. The van der Waals surface area contributed by atoms with Crippen molar-refractivity contribution in [3.05, 3.63) is 142 Å². The van der Waals surface area contributed by atoms with Crippen molar-refractivity contribution in [2.75, 3.05) is 73.0 Å². The summed E-state index contributed by atoms with van der Waals surface area (Å²) in [6.07, 6.45) is -4.10. The number of aromatic nitrogens is 4. The summed E-state index contributed by atoms with van der Waals surface area (Å²) >= 11 is 6.29. The first-order valence-corrected chi connectivity index (χ1v) is 23.6. The lowest BCUT2D eigenvalue weighted by Crippen LogP contribution is -2.36. The lowest BCUT2D eigenvalue weighted by Gasteiger charge is -2.28. The van der Waals surface area contributed by atoms with E-state index >= 15 is 0 Å². The summed E-state index contributed by atoms with van der Waals surface area (Å²) in [6.45, 7) is 12.0. The van der Waals surface area contributed by atoms with Gasteiger partial charge in [-0.2, -0.15) is 26.3 Å². The zero-order valence-electron chi connectivity index (χ0n) is 41.0. The van der Waals surface area contributed by atoms with E-state index in [0.29, 0.717) is 80.6 Å². The lowest BCUT2D eigenvalue weighted by molar-refractivity contribution is -0.142. The quantitative estimate of drug-likeness (QED) is 0.0646. The van der Waals surface area contributed by atoms with Crippen molar-refractivity contribution in [2.45, 2.75) is 59.7 Å². The molecule has 2 atom stereocenters. The number of terminal acetylenes is 1. The normalized spacial score (nSPS) is 14.1. The number of carbonyl (C=O) groups is 2. The smallest absolute Gasteiger partial charge is 0.381 e. The molecule has 4 N–H and O–H groups in total. The van der Waals surface area contributed by atoms with Crippen molar-refractivity contribution in [2.24, 2.45) is 0 Å². The Hall–Kier alpha value is -7.59. The second-order valence-corrected chi connectivity index (χ2v) is 17.3. The van der Waals surface area contributed by atoms with Crippen LogP contribution in [0.4, 0.5) is 49.4 Å². The highest BCUT2D eigenvalue weighted by Crippen LogP contribution is 2.34. The number of alkyl halides is 6. The van der Waals surface area contributed by atoms with Gasteiger partial charge < -0.3 is 40.1 Å². The largest absolute Gasteiger partial charge is 0.433 e. The molecule has 8 rings (SSSR count). The average molecular weight is 1070 g/mol. The van der Waals surface area contributed by atoms with Gasteiger partial charge in [-0.1, -0.05) is 43.0 Å². The molecule has 2 amide bonds. The molecule has 0 aliphatic carbocycles. The average Bonchev–Trinajstić information content (AvgIpc) is 3.39. The molecule has 2 fully saturated rings. The van der Waals surface area contributed by atoms with Gasteiger partial charge in [-0.05, 0) is 140 Å². The molecule has 2 aliphatic rings. The molecule has 0 bridgehead atoms. The first-order chi connectivity index (χ1) is 35.6. The molecule has 0 unspecified atom stereocenters. The fourth-order valence-electron chi connectivity index (χ4n) is 7.34. The fraction of sp³-hybridized carbons (Fsp3) is 0.309. The molecular weight excluding hydrogens is 1020 g/mol. The minimum atomic E-state index is -4.65. The molecule has 6 aromatic rings. The molecule has 76 heavy (non-hydrogen) atoms. The number of hydrogen-bond acceptors (Lipinski definition) is 12. The van der Waals surface area contributed by atoms with E-state index in [1.807, 2.05) is 38.1 Å². The minimum Gasteiger partial charge on any atom is -0.381 e. The number of nitrogens with zero attached hydrogens (tertiary/aromatic N) is 6. The van der Waals surface area contributed by atoms with Crippen LogP contribution in [-0.2, 0) is 21.8 Å². The maximum Gasteiger partial charge on any atom is 0.433 e. The van der Waals surface area contributed by atoms with Gasteiger partial charge in [0.25, 0.3) is 11.8 Å². The van der Waals surface area contributed by atoms with E-state index in [9.17, 15) is 41.0 Å². The molecule has 0 spiro atoms. The first kappa shape index (κ1) is 59.3. The van der Waals surface area contributed by atoms with E-state index in [-0.39, 0.29) is 18.6 Å². The van der Waals surface area contributed by atoms with Crippen LogP contribution in [0, 0.1) is 38.0 Å². The van der Waals surface area contributed by atoms with Gasteiger partial charge in [0, 0.05) is 61.1 Å². The molecule has 14 nitrogen and oxygen atoms in total. The summed E-state index contributed by atoms with van der Waals surface area (Å²) in [5.41, 5.74) is 3.84. The maximum absolute atomic E-state index is 13.0. The van der Waals surface area contributed by atoms with Crippen LogP contribution in [0.1, 0.15) is 70.2 Å². The number of halogens is 7. The molecule has 400 valence electrons. The van der Waals surface area contributed by atoms with Crippen molar-refractivity contribution in [1.29, 1.82) is 0 Å². The van der Waals surface area contributed by atoms with Crippen molar-refractivity contribution < 1.29 is 55.6 Å². The second-order valence-electron chi connectivity index (χ2n) is 16.9. The van der Waals surface area contributed by atoms with Crippen LogP contribution in [0.5, 0.6) is 0 Å². The Morgan fingerprint density at radius 2 is 1.08 bits per heavy atom. The third-order valence-electron chi connectivity index (χ3n) is 11.2. The van der Waals surface area contributed by atoms with Crippen LogP contribution >= 0.6 is 11.6 Å². The number of anilines is 4. The summed E-state index contributed by atoms with van der Waals surface area (Å²) in [7, 11) is 0. The fourth-order valence-corrected chi connectivity index (χ4v) is 7.55. The molecular formula is C55H55ClF6N8O6. The van der Waals surface area contributed by atoms with Crippen molar-refractivity contribution >= 4 is 46.4 Å². The Morgan fingerprint density at radius 3 is 1.49 bits per heavy atom. The Balaban J connectivity index is 0.000000256. The highest BCUT2D eigenvalue weighted by Gasteiger charge is 2.34. The highest BCUT2D eigenvalue weighted by molar-refractivity contribution is 6.29. The van der Waals surface area contributed by atoms with Gasteiger partial charge in [-0.25, -0.2) is 9.97 Å². The van der Waals surface area contributed by atoms with Gasteiger partial charge in [0.2, 0.25) is 0 Å². The highest BCUT2D eigenvalue weighted by atomic mass is 35.5. The predicted octanol–water partition coefficient (Wildman–Crippen LogP) is 10.1. The van der Waals surface area contributed by atoms with Crippen LogP contribution in [0.15, 0.2) is 97.3 Å². The number of amides is 2. The minimum absolute atomic E-state index is 0. The standard InChI is InChI=1S/C27H25F3N4O3.C23H20ClF3N4O2.C4H6O.CH4/c1-17-3-5-22(33-26(36)19-7-8-31-24(14-19)27(28,29)30)16-23(17)20-13-21(6-4-18(2)35)32-25(15-20)34-9-11-37-12-10-34;1-14-2-3-17(29-22(32)15-4-5-28-19(10-15)23(25,26)27)13-18(14)16-11-20(24)30-21(12-16)31-6-8-33-9-7-31;1-3-4(2)5;/h3,5,7-8,13-16,18,35H,9-12H2,1-2H3,(H,33,36);2-5,10-13H,6-9H2,1H3,(H,29,32);1,4-5H,2H3;1H4/t18-;;4-;/m0.0./s1. The SMILES string of the molecule is C.C#C[C@H](C)O.Cc1ccc(NC(=O)c2ccnc(C(F)(F)F)c2)cc1-c1cc(C#C[C@H](C)O)nc(N2CCOCC2)c1.Cc1ccc(NC(=O)c2ccnc(C(F)(F)F)c2)cc1-c1cc(Cl)nc(N2CCOCC2)c1. The lowest BCUT2D eigenvalue weighted by atomic mass is 9.99. The number of benzene rings is 2. The number of nitrogens with one attached hydrogen (secondary N) is 2. The van der Waals surface area contributed by atoms with E-state index in [0.717, 1.165) is 63.7 Å². The van der Waals surface area contributed by atoms with Gasteiger partial charge in [0.05, 0.1) is 26.4 Å². The van der Waals surface area contributed by atoms with Crippen LogP contribution in [0.3, 0.4) is 0 Å². The van der Waals surface area contributed by atoms with E-state index in [1.165, 1.54) is 12.1 Å². The van der Waals surface area contributed by atoms with Crippen LogP contribution in [0.25, 0.3) is 22.3 Å². The number of ether oxygens (including phenoxy) is 2. The number of carbonyl (C=O) groups excluding carboxylic acids is 2. The number of hydrogen-bond donors (Lipinski definition) is 4. The zero-order chi connectivity index (χ0) is 54.5. The van der Waals surface area contributed by atoms with E-state index < -0.39 is 47.8 Å². The monoisotopic (exact) mass is 1070 g/mol. The van der Waals surface area contributed by atoms with Crippen LogP contribution < -0.4 is 20.4 Å². The summed E-state index contributed by atoms with van der Waals surface area (Å²) in [6, 6.07) is 21.8. The molecule has 6 heterocycles. The number of rotatable bonds is 8. The molecule has 2 saturated heterocycles. The number of pyridine rings is 4. The topological polar surface area (TPSA) is 175 Å². The van der Waals surface area contributed by atoms with Crippen molar-refractivity contribution in [3.63, 3.8) is 0 Å². The number of aliphatic hydroxyl groups excluding tert-OH is 2. The van der Waals surface area contributed by atoms with E-state index in [1.54, 1.807) is 50.2 Å². The maximum atomic E-state index is 13.0. The predicted molar refractivity (Wildman–Crippen MR) is 280 cm³/mol. The van der Waals surface area contributed by atoms with E-state index in [2.05, 4.69) is 64.6 Å². The third-order valence-corrected chi connectivity index (χ3v) is 11.3. The molecule has 0 radical (unpaired) electrons. The molecule has 0 saturated carbocycles. The molecule has 2 aromatic carbocycles.